The molecular weight excluding hydrogens is 126 g/mol. The molecule has 0 aromatic heterocycles. The molecular formula is C7H15N3. The fourth-order valence-electron chi connectivity index (χ4n) is 2.23. The number of fused-ring (bicyclic) bond motifs is 1. The summed E-state index contributed by atoms with van der Waals surface area (Å²) in [5, 5.41) is 8.17. The Morgan fingerprint density at radius 2 is 1.50 bits per heavy atom. The molecule has 2 aliphatic rings. The van der Waals surface area contributed by atoms with E-state index < -0.39 is 0 Å². The van der Waals surface area contributed by atoms with Gasteiger partial charge in [-0.05, 0) is 27.7 Å². The first-order valence-corrected chi connectivity index (χ1v) is 3.90. The number of hydrogen-bond acceptors (Lipinski definition) is 3. The van der Waals surface area contributed by atoms with Crippen molar-refractivity contribution in [1.82, 2.24) is 15.3 Å². The van der Waals surface area contributed by atoms with Gasteiger partial charge in [0, 0.05) is 0 Å². The third-order valence-electron chi connectivity index (χ3n) is 2.53. The SMILES string of the molecule is C[C@@H]1N[C@H](C)N2N1C2(C)C. The maximum absolute atomic E-state index is 3.42. The average Bonchev–Trinajstić information content (AvgIpc) is 2.17. The topological polar surface area (TPSA) is 18.0 Å². The molecule has 2 unspecified atom stereocenters. The Kier molecular flexibility index (Phi) is 1.02. The molecule has 10 heavy (non-hydrogen) atoms. The molecule has 2 heterocycles. The van der Waals surface area contributed by atoms with Crippen LogP contribution in [0.15, 0.2) is 0 Å². The molecule has 0 radical (unpaired) electrons. The summed E-state index contributed by atoms with van der Waals surface area (Å²) in [5.41, 5.74) is 0.310. The second kappa shape index (κ2) is 1.55. The Bertz CT molecular complexity index is 150. The van der Waals surface area contributed by atoms with Gasteiger partial charge in [-0.1, -0.05) is 0 Å². The predicted molar refractivity (Wildman–Crippen MR) is 39.8 cm³/mol. The van der Waals surface area contributed by atoms with Crippen molar-refractivity contribution in [2.45, 2.75) is 45.7 Å². The van der Waals surface area contributed by atoms with Gasteiger partial charge in [0.15, 0.2) is 0 Å². The second-order valence-electron chi connectivity index (χ2n) is 3.70. The van der Waals surface area contributed by atoms with Crippen LogP contribution in [0, 0.1) is 0 Å². The van der Waals surface area contributed by atoms with Gasteiger partial charge < -0.3 is 0 Å². The van der Waals surface area contributed by atoms with Crippen LogP contribution in [0.1, 0.15) is 27.7 Å². The Labute approximate surface area is 62.0 Å². The van der Waals surface area contributed by atoms with Crippen molar-refractivity contribution in [3.63, 3.8) is 0 Å². The van der Waals surface area contributed by atoms with E-state index in [4.69, 9.17) is 0 Å². The maximum Gasteiger partial charge on any atom is 0.0985 e. The van der Waals surface area contributed by atoms with E-state index in [-0.39, 0.29) is 0 Å². The molecule has 3 heteroatoms. The minimum absolute atomic E-state index is 0.310. The van der Waals surface area contributed by atoms with Crippen LogP contribution in [-0.4, -0.2) is 28.0 Å². The molecule has 2 saturated heterocycles. The van der Waals surface area contributed by atoms with Crippen molar-refractivity contribution < 1.29 is 0 Å². The highest BCUT2D eigenvalue weighted by Crippen LogP contribution is 2.45. The molecule has 0 aromatic rings. The number of nitrogens with zero attached hydrogens (tertiary/aromatic N) is 2. The highest BCUT2D eigenvalue weighted by atomic mass is 16.0. The van der Waals surface area contributed by atoms with Gasteiger partial charge in [-0.2, -0.15) is 0 Å². The van der Waals surface area contributed by atoms with Crippen molar-refractivity contribution in [2.24, 2.45) is 0 Å². The van der Waals surface area contributed by atoms with E-state index in [1.165, 1.54) is 0 Å². The lowest BCUT2D eigenvalue weighted by Crippen LogP contribution is -2.39. The Hall–Kier alpha value is -0.120. The summed E-state index contributed by atoms with van der Waals surface area (Å²) < 4.78 is 0. The van der Waals surface area contributed by atoms with E-state index in [0.717, 1.165) is 0 Å². The Balaban J connectivity index is 2.18. The summed E-state index contributed by atoms with van der Waals surface area (Å²) in [6.45, 7) is 8.90. The molecule has 4 atom stereocenters. The average molecular weight is 141 g/mol. The zero-order valence-electron chi connectivity index (χ0n) is 7.05. The van der Waals surface area contributed by atoms with Gasteiger partial charge in [0.25, 0.3) is 0 Å². The summed E-state index contributed by atoms with van der Waals surface area (Å²) in [4.78, 5) is 0. The van der Waals surface area contributed by atoms with Gasteiger partial charge in [0.1, 0.15) is 0 Å². The molecule has 3 nitrogen and oxygen atoms in total. The van der Waals surface area contributed by atoms with E-state index in [1.807, 2.05) is 0 Å². The predicted octanol–water partition coefficient (Wildman–Crippen LogP) is 0.550. The number of nitrogens with one attached hydrogen (secondary N) is 1. The lowest BCUT2D eigenvalue weighted by Gasteiger charge is -2.16. The van der Waals surface area contributed by atoms with Crippen molar-refractivity contribution >= 4 is 0 Å². The molecule has 0 saturated carbocycles. The van der Waals surface area contributed by atoms with Crippen LogP contribution in [-0.2, 0) is 0 Å². The summed E-state index contributed by atoms with van der Waals surface area (Å²) in [6.07, 6.45) is 1.04. The fourth-order valence-corrected chi connectivity index (χ4v) is 2.23. The molecule has 2 fully saturated rings. The number of hydrazine groups is 1. The van der Waals surface area contributed by atoms with Gasteiger partial charge in [0.05, 0.1) is 18.0 Å². The van der Waals surface area contributed by atoms with Gasteiger partial charge in [-0.3, -0.25) is 5.32 Å². The van der Waals surface area contributed by atoms with Crippen LogP contribution in [0.25, 0.3) is 0 Å². The van der Waals surface area contributed by atoms with E-state index >= 15 is 0 Å². The highest BCUT2D eigenvalue weighted by Gasteiger charge is 2.62. The van der Waals surface area contributed by atoms with Crippen molar-refractivity contribution in [2.75, 3.05) is 0 Å². The molecule has 0 bridgehead atoms. The van der Waals surface area contributed by atoms with Crippen molar-refractivity contribution in [1.29, 1.82) is 0 Å². The van der Waals surface area contributed by atoms with Crippen LogP contribution in [0.2, 0.25) is 0 Å². The van der Waals surface area contributed by atoms with E-state index in [2.05, 4.69) is 43.0 Å². The fraction of sp³-hybridized carbons (Fsp3) is 1.00. The minimum atomic E-state index is 0.310. The van der Waals surface area contributed by atoms with Gasteiger partial charge in [0.2, 0.25) is 0 Å². The standard InChI is InChI=1S/C7H15N3/c1-5-8-6(2)10-7(3,4)9(5)10/h5-6,8H,1-4H3/t5-,6+,9?,10?. The molecule has 2 aliphatic heterocycles. The van der Waals surface area contributed by atoms with Crippen LogP contribution < -0.4 is 5.32 Å². The first-order chi connectivity index (χ1) is 4.55. The van der Waals surface area contributed by atoms with Crippen LogP contribution in [0.3, 0.4) is 0 Å². The molecule has 1 N–H and O–H groups in total. The zero-order chi connectivity index (χ0) is 7.52. The number of hydrogen-bond donors (Lipinski definition) is 1. The summed E-state index contributed by atoms with van der Waals surface area (Å²) in [5.74, 6) is 0. The van der Waals surface area contributed by atoms with E-state index in [1.54, 1.807) is 0 Å². The molecule has 0 aromatic carbocycles. The Morgan fingerprint density at radius 3 is 1.70 bits per heavy atom. The number of rotatable bonds is 0. The quantitative estimate of drug-likeness (QED) is 0.497. The molecule has 0 aliphatic carbocycles. The monoisotopic (exact) mass is 141 g/mol. The molecule has 0 amide bonds. The zero-order valence-corrected chi connectivity index (χ0v) is 7.05. The first-order valence-electron chi connectivity index (χ1n) is 3.90. The molecule has 2 rings (SSSR count). The third-order valence-corrected chi connectivity index (χ3v) is 2.53. The van der Waals surface area contributed by atoms with Gasteiger partial charge in [-0.15, -0.1) is 0 Å². The maximum atomic E-state index is 3.42. The molecule has 58 valence electrons. The van der Waals surface area contributed by atoms with Gasteiger partial charge >= 0.3 is 0 Å². The van der Waals surface area contributed by atoms with Crippen molar-refractivity contribution in [3.05, 3.63) is 0 Å². The summed E-state index contributed by atoms with van der Waals surface area (Å²) in [6, 6.07) is 0. The van der Waals surface area contributed by atoms with Crippen LogP contribution >= 0.6 is 0 Å². The van der Waals surface area contributed by atoms with Crippen LogP contribution in [0.4, 0.5) is 0 Å². The lowest BCUT2D eigenvalue weighted by molar-refractivity contribution is 0.326. The van der Waals surface area contributed by atoms with E-state index in [0.29, 0.717) is 18.0 Å². The second-order valence-corrected chi connectivity index (χ2v) is 3.70. The van der Waals surface area contributed by atoms with Crippen LogP contribution in [0.5, 0.6) is 0 Å². The smallest absolute Gasteiger partial charge is 0.0985 e. The first kappa shape index (κ1) is 6.58. The summed E-state index contributed by atoms with van der Waals surface area (Å²) >= 11 is 0. The normalized spacial score (nSPS) is 56.4. The van der Waals surface area contributed by atoms with E-state index in [9.17, 15) is 0 Å². The lowest BCUT2D eigenvalue weighted by atomic mass is 10.3. The highest BCUT2D eigenvalue weighted by molar-refractivity contribution is 5.02. The van der Waals surface area contributed by atoms with Gasteiger partial charge in [-0.25, -0.2) is 10.0 Å². The Morgan fingerprint density at radius 1 is 1.10 bits per heavy atom. The van der Waals surface area contributed by atoms with Crippen molar-refractivity contribution in [3.8, 4) is 0 Å². The summed E-state index contributed by atoms with van der Waals surface area (Å²) in [7, 11) is 0. The largest absolute Gasteiger partial charge is 0.284 e. The molecule has 0 spiro atoms. The minimum Gasteiger partial charge on any atom is -0.284 e. The third kappa shape index (κ3) is 0.557.